The van der Waals surface area contributed by atoms with Crippen molar-refractivity contribution in [3.63, 3.8) is 0 Å². The molecule has 0 radical (unpaired) electrons. The van der Waals surface area contributed by atoms with Gasteiger partial charge in [-0.2, -0.15) is 0 Å². The Balaban J connectivity index is 1.96. The summed E-state index contributed by atoms with van der Waals surface area (Å²) in [6.45, 7) is 9.59. The Kier molecular flexibility index (Phi) is 8.31. The Morgan fingerprint density at radius 3 is 2.47 bits per heavy atom. The summed E-state index contributed by atoms with van der Waals surface area (Å²) in [5, 5.41) is 3.33. The van der Waals surface area contributed by atoms with Crippen LogP contribution in [0.15, 0.2) is 47.4 Å². The quantitative estimate of drug-likeness (QED) is 0.483. The number of alkyl carbamates (subject to hydrolysis) is 1. The van der Waals surface area contributed by atoms with Gasteiger partial charge in [-0.05, 0) is 56.5 Å². The number of hydrogen-bond acceptors (Lipinski definition) is 5. The average Bonchev–Trinajstić information content (AvgIpc) is 2.85. The van der Waals surface area contributed by atoms with Crippen molar-refractivity contribution in [3.05, 3.63) is 58.6 Å². The van der Waals surface area contributed by atoms with Crippen LogP contribution >= 0.6 is 23.4 Å². The van der Waals surface area contributed by atoms with E-state index < -0.39 is 17.7 Å². The van der Waals surface area contributed by atoms with E-state index in [4.69, 9.17) is 16.3 Å². The van der Waals surface area contributed by atoms with E-state index in [1.54, 1.807) is 43.9 Å². The van der Waals surface area contributed by atoms with E-state index in [2.05, 4.69) is 5.32 Å². The second-order valence-corrected chi connectivity index (χ2v) is 11.3. The summed E-state index contributed by atoms with van der Waals surface area (Å²) in [6.07, 6.45) is -0.212. The first-order chi connectivity index (χ1) is 15.9. The third-order valence-electron chi connectivity index (χ3n) is 5.08. The number of Topliss-reactive ketones (excluding diaryl/α,β-unsaturated/α-hetero) is 1. The number of nitrogens with one attached hydrogen (secondary N) is 1. The number of thioether (sulfide) groups is 1. The molecule has 3 rings (SSSR count). The molecule has 182 valence electrons. The Morgan fingerprint density at radius 1 is 1.18 bits per heavy atom. The number of anilines is 1. The highest BCUT2D eigenvalue weighted by Crippen LogP contribution is 2.36. The largest absolute Gasteiger partial charge is 0.444 e. The Hall–Kier alpha value is -2.51. The lowest BCUT2D eigenvalue weighted by Crippen LogP contribution is -2.50. The fraction of sp³-hybridized carbons (Fsp3) is 0.423. The van der Waals surface area contributed by atoms with E-state index in [9.17, 15) is 14.4 Å². The molecule has 6 nitrogen and oxygen atoms in total. The molecule has 34 heavy (non-hydrogen) atoms. The molecule has 1 aliphatic heterocycles. The van der Waals surface area contributed by atoms with Crippen molar-refractivity contribution in [2.45, 2.75) is 64.1 Å². The number of rotatable bonds is 6. The van der Waals surface area contributed by atoms with Crippen LogP contribution < -0.4 is 10.2 Å². The van der Waals surface area contributed by atoms with E-state index >= 15 is 0 Å². The maximum absolute atomic E-state index is 13.7. The topological polar surface area (TPSA) is 75.7 Å². The number of benzene rings is 2. The van der Waals surface area contributed by atoms with Crippen LogP contribution in [-0.4, -0.2) is 35.2 Å². The summed E-state index contributed by atoms with van der Waals surface area (Å²) in [7, 11) is 0. The van der Waals surface area contributed by atoms with E-state index in [0.29, 0.717) is 28.4 Å². The number of carbonyl (C=O) groups excluding carboxylic acids is 3. The number of amides is 2. The lowest BCUT2D eigenvalue weighted by atomic mass is 10.0. The molecule has 1 heterocycles. The standard InChI is InChI=1S/C26H31ClN2O4S/c1-16(2)12-22(30)18-8-11-23-21(13-18)29(14-17-6-9-19(27)10-7-17)24(31)20(15-34-23)28-25(32)33-26(3,4)5/h6-11,13,16,20H,12,14-15H2,1-5H3,(H,28,32)/t20-/m0/s1. The van der Waals surface area contributed by atoms with E-state index in [-0.39, 0.29) is 24.2 Å². The highest BCUT2D eigenvalue weighted by Gasteiger charge is 2.33. The minimum atomic E-state index is -0.783. The summed E-state index contributed by atoms with van der Waals surface area (Å²) >= 11 is 7.51. The first kappa shape index (κ1) is 26.1. The molecule has 0 aliphatic carbocycles. The van der Waals surface area contributed by atoms with Gasteiger partial charge in [-0.25, -0.2) is 4.79 Å². The van der Waals surface area contributed by atoms with Crippen LogP contribution in [0.4, 0.5) is 10.5 Å². The smallest absolute Gasteiger partial charge is 0.408 e. The van der Waals surface area contributed by atoms with Crippen LogP contribution in [0.25, 0.3) is 0 Å². The maximum Gasteiger partial charge on any atom is 0.408 e. The van der Waals surface area contributed by atoms with E-state index in [1.165, 1.54) is 11.8 Å². The average molecular weight is 503 g/mol. The molecule has 0 saturated carbocycles. The van der Waals surface area contributed by atoms with Gasteiger partial charge in [-0.15, -0.1) is 11.8 Å². The minimum Gasteiger partial charge on any atom is -0.444 e. The summed E-state index contributed by atoms with van der Waals surface area (Å²) in [6, 6.07) is 12.0. The van der Waals surface area contributed by atoms with Crippen molar-refractivity contribution >= 4 is 46.8 Å². The molecule has 0 aromatic heterocycles. The Morgan fingerprint density at radius 2 is 1.85 bits per heavy atom. The highest BCUT2D eigenvalue weighted by molar-refractivity contribution is 7.99. The molecule has 1 aliphatic rings. The van der Waals surface area contributed by atoms with Gasteiger partial charge < -0.3 is 15.0 Å². The zero-order valence-electron chi connectivity index (χ0n) is 20.2. The highest BCUT2D eigenvalue weighted by atomic mass is 35.5. The molecule has 2 aromatic carbocycles. The normalized spacial score (nSPS) is 16.1. The fourth-order valence-corrected chi connectivity index (χ4v) is 4.73. The summed E-state index contributed by atoms with van der Waals surface area (Å²) < 4.78 is 5.37. The van der Waals surface area contributed by atoms with Crippen molar-refractivity contribution in [2.24, 2.45) is 5.92 Å². The van der Waals surface area contributed by atoms with Gasteiger partial charge in [0.15, 0.2) is 5.78 Å². The molecule has 1 atom stereocenters. The maximum atomic E-state index is 13.7. The second kappa shape index (κ2) is 10.8. The number of fused-ring (bicyclic) bond motifs is 1. The molecule has 2 amide bonds. The SMILES string of the molecule is CC(C)CC(=O)c1ccc2c(c1)N(Cc1ccc(Cl)cc1)C(=O)[C@@H](NC(=O)OC(C)(C)C)CS2. The lowest BCUT2D eigenvalue weighted by molar-refractivity contribution is -0.120. The molecule has 8 heteroatoms. The number of ketones is 1. The first-order valence-electron chi connectivity index (χ1n) is 11.3. The molecule has 0 spiro atoms. The number of ether oxygens (including phenoxy) is 1. The monoisotopic (exact) mass is 502 g/mol. The van der Waals surface area contributed by atoms with Gasteiger partial charge in [0.25, 0.3) is 5.91 Å². The predicted octanol–water partition coefficient (Wildman–Crippen LogP) is 6.10. The molecule has 0 unspecified atom stereocenters. The summed E-state index contributed by atoms with van der Waals surface area (Å²) in [5.74, 6) is 0.353. The van der Waals surface area contributed by atoms with Gasteiger partial charge in [0.2, 0.25) is 0 Å². The third-order valence-corrected chi connectivity index (χ3v) is 6.49. The zero-order chi connectivity index (χ0) is 25.0. The molecular formula is C26H31ClN2O4S. The first-order valence-corrected chi connectivity index (χ1v) is 12.6. The van der Waals surface area contributed by atoms with Crippen LogP contribution in [-0.2, 0) is 16.1 Å². The number of hydrogen-bond donors (Lipinski definition) is 1. The summed E-state index contributed by atoms with van der Waals surface area (Å²) in [4.78, 5) is 41.4. The van der Waals surface area contributed by atoms with Gasteiger partial charge >= 0.3 is 6.09 Å². The molecule has 0 saturated heterocycles. The second-order valence-electron chi connectivity index (χ2n) is 9.76. The molecule has 0 fully saturated rings. The van der Waals surface area contributed by atoms with E-state index in [1.807, 2.05) is 38.1 Å². The van der Waals surface area contributed by atoms with Crippen molar-refractivity contribution in [1.82, 2.24) is 5.32 Å². The van der Waals surface area contributed by atoms with Crippen LogP contribution in [0.3, 0.4) is 0 Å². The van der Waals surface area contributed by atoms with Crippen LogP contribution in [0, 0.1) is 5.92 Å². The lowest BCUT2D eigenvalue weighted by Gasteiger charge is -2.27. The van der Waals surface area contributed by atoms with Crippen molar-refractivity contribution in [2.75, 3.05) is 10.7 Å². The predicted molar refractivity (Wildman–Crippen MR) is 137 cm³/mol. The number of carbonyl (C=O) groups is 3. The Bertz CT molecular complexity index is 1060. The van der Waals surface area contributed by atoms with Crippen LogP contribution in [0.5, 0.6) is 0 Å². The molecular weight excluding hydrogens is 472 g/mol. The Labute approximate surface area is 210 Å². The molecule has 1 N–H and O–H groups in total. The van der Waals surface area contributed by atoms with Crippen molar-refractivity contribution < 1.29 is 19.1 Å². The number of halogens is 1. The van der Waals surface area contributed by atoms with Gasteiger partial charge in [0.1, 0.15) is 11.6 Å². The molecule has 2 aromatic rings. The van der Waals surface area contributed by atoms with Crippen LogP contribution in [0.1, 0.15) is 57.0 Å². The third kappa shape index (κ3) is 7.00. The molecule has 0 bridgehead atoms. The number of nitrogens with zero attached hydrogens (tertiary/aromatic N) is 1. The van der Waals surface area contributed by atoms with Crippen molar-refractivity contribution in [3.8, 4) is 0 Å². The fourth-order valence-electron chi connectivity index (χ4n) is 3.55. The minimum absolute atomic E-state index is 0.0365. The van der Waals surface area contributed by atoms with Crippen LogP contribution in [0.2, 0.25) is 5.02 Å². The summed E-state index contributed by atoms with van der Waals surface area (Å²) in [5.41, 5.74) is 1.43. The van der Waals surface area contributed by atoms with E-state index in [0.717, 1.165) is 10.5 Å². The zero-order valence-corrected chi connectivity index (χ0v) is 21.8. The van der Waals surface area contributed by atoms with Gasteiger partial charge in [0.05, 0.1) is 12.2 Å². The van der Waals surface area contributed by atoms with Gasteiger partial charge in [-0.1, -0.05) is 43.6 Å². The van der Waals surface area contributed by atoms with Gasteiger partial charge in [-0.3, -0.25) is 9.59 Å². The van der Waals surface area contributed by atoms with Crippen molar-refractivity contribution in [1.29, 1.82) is 0 Å². The van der Waals surface area contributed by atoms with Gasteiger partial charge in [0, 0.05) is 27.7 Å².